The van der Waals surface area contributed by atoms with Gasteiger partial charge in [0.2, 0.25) is 0 Å². The summed E-state index contributed by atoms with van der Waals surface area (Å²) in [6.07, 6.45) is 1.81. The summed E-state index contributed by atoms with van der Waals surface area (Å²) in [7, 11) is 0. The topological polar surface area (TPSA) is 86.7 Å². The van der Waals surface area contributed by atoms with Gasteiger partial charge in [0, 0.05) is 29.6 Å². The fourth-order valence-corrected chi connectivity index (χ4v) is 3.23. The Bertz CT molecular complexity index is 901. The standard InChI is InChI=1S/C15H13N3O4S.BrH/c1-3-22-14(19)13-9(2)17-8-12(16-15(17)23-13)10-4-6-11(7-5-10)18(20)21;/h4-8H,3H2,1-2H3;1H. The quantitative estimate of drug-likeness (QED) is 0.367. The number of nitro groups is 1. The maximum absolute atomic E-state index is 11.9. The van der Waals surface area contributed by atoms with E-state index >= 15 is 0 Å². The number of non-ortho nitro benzene ring substituents is 1. The van der Waals surface area contributed by atoms with Crippen LogP contribution < -0.4 is 0 Å². The fourth-order valence-electron chi connectivity index (χ4n) is 2.23. The number of aromatic nitrogens is 2. The third kappa shape index (κ3) is 3.17. The first kappa shape index (κ1) is 18.1. The molecule has 3 aromatic rings. The molecule has 0 aliphatic heterocycles. The van der Waals surface area contributed by atoms with Crippen molar-refractivity contribution >= 4 is 44.9 Å². The van der Waals surface area contributed by atoms with E-state index < -0.39 is 4.92 Å². The van der Waals surface area contributed by atoms with E-state index in [2.05, 4.69) is 4.98 Å². The zero-order valence-electron chi connectivity index (χ0n) is 12.9. The summed E-state index contributed by atoms with van der Waals surface area (Å²) in [4.78, 5) is 27.8. The normalized spacial score (nSPS) is 10.4. The molecule has 3 rings (SSSR count). The second-order valence-corrected chi connectivity index (χ2v) is 5.80. The lowest BCUT2D eigenvalue weighted by Crippen LogP contribution is -2.04. The maximum Gasteiger partial charge on any atom is 0.350 e. The van der Waals surface area contributed by atoms with E-state index in [1.807, 2.05) is 17.5 Å². The van der Waals surface area contributed by atoms with Crippen LogP contribution in [0.2, 0.25) is 0 Å². The van der Waals surface area contributed by atoms with Crippen LogP contribution in [0.15, 0.2) is 30.5 Å². The van der Waals surface area contributed by atoms with Gasteiger partial charge in [-0.15, -0.1) is 17.0 Å². The smallest absolute Gasteiger partial charge is 0.350 e. The van der Waals surface area contributed by atoms with Gasteiger partial charge in [-0.05, 0) is 26.0 Å². The van der Waals surface area contributed by atoms with Crippen molar-refractivity contribution < 1.29 is 14.5 Å². The van der Waals surface area contributed by atoms with Crippen molar-refractivity contribution in [2.75, 3.05) is 6.61 Å². The van der Waals surface area contributed by atoms with E-state index in [4.69, 9.17) is 4.74 Å². The first-order valence-corrected chi connectivity index (χ1v) is 7.73. The number of carbonyl (C=O) groups is 1. The minimum absolute atomic E-state index is 0. The van der Waals surface area contributed by atoms with Crippen LogP contribution in [0, 0.1) is 17.0 Å². The summed E-state index contributed by atoms with van der Waals surface area (Å²) in [5.74, 6) is -0.350. The molecule has 2 aromatic heterocycles. The molecule has 0 unspecified atom stereocenters. The number of aryl methyl sites for hydroxylation is 1. The molecule has 0 N–H and O–H groups in total. The van der Waals surface area contributed by atoms with Crippen molar-refractivity contribution in [2.24, 2.45) is 0 Å². The Balaban J connectivity index is 0.00000208. The van der Waals surface area contributed by atoms with Gasteiger partial charge in [-0.25, -0.2) is 9.78 Å². The Morgan fingerprint density at radius 3 is 2.58 bits per heavy atom. The number of nitrogens with zero attached hydrogens (tertiary/aromatic N) is 3. The Morgan fingerprint density at radius 1 is 1.38 bits per heavy atom. The molecule has 0 spiro atoms. The predicted molar refractivity (Wildman–Crippen MR) is 96.2 cm³/mol. The molecular weight excluding hydrogens is 398 g/mol. The van der Waals surface area contributed by atoms with E-state index in [-0.39, 0.29) is 28.6 Å². The minimum atomic E-state index is -0.439. The maximum atomic E-state index is 11.9. The number of nitro benzene ring substituents is 1. The van der Waals surface area contributed by atoms with Gasteiger partial charge in [0.1, 0.15) is 4.88 Å². The molecule has 0 saturated carbocycles. The summed E-state index contributed by atoms with van der Waals surface area (Å²) in [6, 6.07) is 6.21. The summed E-state index contributed by atoms with van der Waals surface area (Å²) in [5, 5.41) is 10.7. The summed E-state index contributed by atoms with van der Waals surface area (Å²) in [5.41, 5.74) is 2.29. The van der Waals surface area contributed by atoms with Gasteiger partial charge in [0.15, 0.2) is 4.96 Å². The van der Waals surface area contributed by atoms with Crippen LogP contribution in [0.5, 0.6) is 0 Å². The molecular formula is C15H14BrN3O4S. The molecule has 0 aliphatic carbocycles. The number of halogens is 1. The van der Waals surface area contributed by atoms with E-state index in [1.165, 1.54) is 23.5 Å². The molecule has 0 atom stereocenters. The van der Waals surface area contributed by atoms with Crippen molar-refractivity contribution in [3.05, 3.63) is 51.1 Å². The number of benzene rings is 1. The van der Waals surface area contributed by atoms with Gasteiger partial charge >= 0.3 is 5.97 Å². The molecule has 7 nitrogen and oxygen atoms in total. The average molecular weight is 412 g/mol. The molecule has 0 aliphatic rings. The monoisotopic (exact) mass is 411 g/mol. The highest BCUT2D eigenvalue weighted by Gasteiger charge is 2.19. The zero-order valence-corrected chi connectivity index (χ0v) is 15.4. The third-order valence-corrected chi connectivity index (χ3v) is 4.53. The number of imidazole rings is 1. The largest absolute Gasteiger partial charge is 0.462 e. The Labute approximate surface area is 151 Å². The van der Waals surface area contributed by atoms with Crippen LogP contribution in [0.1, 0.15) is 22.3 Å². The molecule has 0 bridgehead atoms. The van der Waals surface area contributed by atoms with E-state index in [0.717, 1.165) is 11.3 Å². The van der Waals surface area contributed by atoms with Crippen molar-refractivity contribution in [1.82, 2.24) is 9.38 Å². The van der Waals surface area contributed by atoms with Gasteiger partial charge in [0.05, 0.1) is 17.2 Å². The van der Waals surface area contributed by atoms with Gasteiger partial charge in [-0.1, -0.05) is 11.3 Å². The molecule has 0 fully saturated rings. The molecule has 0 radical (unpaired) electrons. The lowest BCUT2D eigenvalue weighted by Gasteiger charge is -1.99. The highest BCUT2D eigenvalue weighted by Crippen LogP contribution is 2.28. The number of carbonyl (C=O) groups excluding carboxylic acids is 1. The number of rotatable bonds is 4. The van der Waals surface area contributed by atoms with Gasteiger partial charge in [-0.3, -0.25) is 14.5 Å². The predicted octanol–water partition coefficient (Wildman–Crippen LogP) is 4.03. The van der Waals surface area contributed by atoms with E-state index in [0.29, 0.717) is 22.1 Å². The Morgan fingerprint density at radius 2 is 2.04 bits per heavy atom. The van der Waals surface area contributed by atoms with Gasteiger partial charge < -0.3 is 4.74 Å². The van der Waals surface area contributed by atoms with Crippen LogP contribution in [-0.2, 0) is 4.74 Å². The van der Waals surface area contributed by atoms with Crippen LogP contribution in [-0.4, -0.2) is 26.9 Å². The summed E-state index contributed by atoms with van der Waals surface area (Å²) < 4.78 is 6.85. The van der Waals surface area contributed by atoms with Crippen LogP contribution in [0.25, 0.3) is 16.2 Å². The van der Waals surface area contributed by atoms with Gasteiger partial charge in [-0.2, -0.15) is 0 Å². The number of thiazole rings is 1. The van der Waals surface area contributed by atoms with Crippen molar-refractivity contribution in [2.45, 2.75) is 13.8 Å². The second kappa shape index (κ2) is 7.10. The van der Waals surface area contributed by atoms with E-state index in [9.17, 15) is 14.9 Å². The van der Waals surface area contributed by atoms with Crippen LogP contribution in [0.3, 0.4) is 0 Å². The first-order valence-electron chi connectivity index (χ1n) is 6.91. The molecule has 0 amide bonds. The highest BCUT2D eigenvalue weighted by molar-refractivity contribution is 8.93. The lowest BCUT2D eigenvalue weighted by molar-refractivity contribution is -0.384. The SMILES string of the molecule is Br.CCOC(=O)c1sc2nc(-c3ccc([N+](=O)[O-])cc3)cn2c1C. The third-order valence-electron chi connectivity index (χ3n) is 3.39. The molecule has 2 heterocycles. The fraction of sp³-hybridized carbons (Fsp3) is 0.200. The highest BCUT2D eigenvalue weighted by atomic mass is 79.9. The average Bonchev–Trinajstić information content (AvgIpc) is 3.07. The Hall–Kier alpha value is -2.26. The first-order chi connectivity index (χ1) is 11.0. The minimum Gasteiger partial charge on any atom is -0.462 e. The number of fused-ring (bicyclic) bond motifs is 1. The van der Waals surface area contributed by atoms with Crippen molar-refractivity contribution in [3.8, 4) is 11.3 Å². The second-order valence-electron chi connectivity index (χ2n) is 4.82. The van der Waals surface area contributed by atoms with Crippen LogP contribution in [0.4, 0.5) is 5.69 Å². The molecule has 1 aromatic carbocycles. The number of hydrogen-bond acceptors (Lipinski definition) is 6. The summed E-state index contributed by atoms with van der Waals surface area (Å²) in [6.45, 7) is 3.92. The van der Waals surface area contributed by atoms with Crippen molar-refractivity contribution in [3.63, 3.8) is 0 Å². The molecule has 9 heteroatoms. The number of ether oxygens (including phenoxy) is 1. The number of hydrogen-bond donors (Lipinski definition) is 0. The molecule has 126 valence electrons. The Kier molecular flexibility index (Phi) is 5.35. The molecule has 0 saturated heterocycles. The lowest BCUT2D eigenvalue weighted by atomic mass is 10.1. The molecule has 24 heavy (non-hydrogen) atoms. The van der Waals surface area contributed by atoms with E-state index in [1.54, 1.807) is 19.1 Å². The van der Waals surface area contributed by atoms with Gasteiger partial charge in [0.25, 0.3) is 5.69 Å². The number of esters is 1. The summed E-state index contributed by atoms with van der Waals surface area (Å²) >= 11 is 1.26. The van der Waals surface area contributed by atoms with Crippen molar-refractivity contribution in [1.29, 1.82) is 0 Å². The zero-order chi connectivity index (χ0) is 16.6. The van der Waals surface area contributed by atoms with Crippen LogP contribution >= 0.6 is 28.3 Å².